The van der Waals surface area contributed by atoms with Gasteiger partial charge in [-0.05, 0) is 12.1 Å². The second kappa shape index (κ2) is 6.67. The van der Waals surface area contributed by atoms with E-state index in [0.717, 1.165) is 11.3 Å². The third kappa shape index (κ3) is 4.29. The highest BCUT2D eigenvalue weighted by Gasteiger charge is 2.22. The van der Waals surface area contributed by atoms with Crippen LogP contribution in [0.1, 0.15) is 5.69 Å². The minimum Gasteiger partial charge on any atom is -0.355 e. The van der Waals surface area contributed by atoms with Crippen LogP contribution in [0.25, 0.3) is 5.65 Å². The van der Waals surface area contributed by atoms with E-state index in [1.54, 1.807) is 0 Å². The molecule has 0 unspecified atom stereocenters. The molecule has 3 rings (SSSR count). The van der Waals surface area contributed by atoms with E-state index in [2.05, 4.69) is 10.3 Å². The molecular formula is C15H20N4O3S. The minimum absolute atomic E-state index is 0.0759. The van der Waals surface area contributed by atoms with Gasteiger partial charge in [0.25, 0.3) is 0 Å². The Kier molecular flexibility index (Phi) is 4.63. The zero-order valence-electron chi connectivity index (χ0n) is 12.8. The summed E-state index contributed by atoms with van der Waals surface area (Å²) >= 11 is 0. The molecule has 23 heavy (non-hydrogen) atoms. The van der Waals surface area contributed by atoms with Gasteiger partial charge in [-0.15, -0.1) is 0 Å². The van der Waals surface area contributed by atoms with Crippen LogP contribution in [0.5, 0.6) is 0 Å². The smallest absolute Gasteiger partial charge is 0.234 e. The number of pyridine rings is 1. The number of nitrogens with zero attached hydrogens (tertiary/aromatic N) is 3. The number of amides is 1. The fourth-order valence-corrected chi connectivity index (χ4v) is 3.88. The fraction of sp³-hybridized carbons (Fsp3) is 0.467. The molecule has 1 aliphatic heterocycles. The SMILES string of the molecule is O=C(CN1CCS(=O)(=O)CC1)NCCc1cn2ccccc2n1. The molecule has 0 saturated carbocycles. The second-order valence-corrected chi connectivity index (χ2v) is 8.03. The highest BCUT2D eigenvalue weighted by molar-refractivity contribution is 7.91. The maximum atomic E-state index is 11.9. The molecule has 0 radical (unpaired) electrons. The molecule has 7 nitrogen and oxygen atoms in total. The quantitative estimate of drug-likeness (QED) is 0.812. The molecule has 0 aromatic carbocycles. The van der Waals surface area contributed by atoms with E-state index in [0.29, 0.717) is 26.1 Å². The van der Waals surface area contributed by atoms with Gasteiger partial charge in [-0.1, -0.05) is 6.07 Å². The molecule has 1 aliphatic rings. The monoisotopic (exact) mass is 336 g/mol. The number of sulfone groups is 1. The Morgan fingerprint density at radius 3 is 2.78 bits per heavy atom. The summed E-state index contributed by atoms with van der Waals surface area (Å²) in [5.74, 6) is 0.205. The van der Waals surface area contributed by atoms with Gasteiger partial charge in [0.2, 0.25) is 5.91 Å². The summed E-state index contributed by atoms with van der Waals surface area (Å²) < 4.78 is 24.6. The van der Waals surface area contributed by atoms with Gasteiger partial charge in [0.15, 0.2) is 9.84 Å². The van der Waals surface area contributed by atoms with Gasteiger partial charge < -0.3 is 9.72 Å². The Bertz CT molecular complexity index is 753. The fourth-order valence-electron chi connectivity index (χ4n) is 2.60. The van der Waals surface area contributed by atoms with Crippen molar-refractivity contribution in [2.24, 2.45) is 0 Å². The first kappa shape index (κ1) is 15.9. The first-order valence-corrected chi connectivity index (χ1v) is 9.46. The molecule has 0 spiro atoms. The zero-order chi connectivity index (χ0) is 16.3. The zero-order valence-corrected chi connectivity index (χ0v) is 13.6. The van der Waals surface area contributed by atoms with Crippen molar-refractivity contribution in [3.8, 4) is 0 Å². The van der Waals surface area contributed by atoms with Crippen LogP contribution in [0.4, 0.5) is 0 Å². The normalized spacial score (nSPS) is 18.1. The number of carbonyl (C=O) groups excluding carboxylic acids is 1. The van der Waals surface area contributed by atoms with Crippen LogP contribution >= 0.6 is 0 Å². The molecule has 0 bridgehead atoms. The lowest BCUT2D eigenvalue weighted by atomic mass is 10.3. The lowest BCUT2D eigenvalue weighted by molar-refractivity contribution is -0.122. The molecule has 2 aromatic rings. The van der Waals surface area contributed by atoms with Crippen LogP contribution < -0.4 is 5.32 Å². The van der Waals surface area contributed by atoms with Crippen LogP contribution in [-0.2, 0) is 21.1 Å². The Balaban J connectivity index is 1.42. The van der Waals surface area contributed by atoms with Crippen LogP contribution in [-0.4, -0.2) is 66.3 Å². The summed E-state index contributed by atoms with van der Waals surface area (Å²) in [6.07, 6.45) is 4.56. The first-order chi connectivity index (χ1) is 11.0. The Morgan fingerprint density at radius 1 is 1.26 bits per heavy atom. The Hall–Kier alpha value is -1.93. The number of carbonyl (C=O) groups is 1. The maximum Gasteiger partial charge on any atom is 0.234 e. The molecule has 8 heteroatoms. The average molecular weight is 336 g/mol. The van der Waals surface area contributed by atoms with E-state index < -0.39 is 9.84 Å². The molecule has 1 fully saturated rings. The number of nitrogens with one attached hydrogen (secondary N) is 1. The lowest BCUT2D eigenvalue weighted by Crippen LogP contribution is -2.45. The molecule has 0 atom stereocenters. The van der Waals surface area contributed by atoms with E-state index >= 15 is 0 Å². The highest BCUT2D eigenvalue weighted by atomic mass is 32.2. The van der Waals surface area contributed by atoms with Crippen LogP contribution in [0.15, 0.2) is 30.6 Å². The molecule has 1 N–H and O–H groups in total. The summed E-state index contributed by atoms with van der Waals surface area (Å²) in [7, 11) is -2.90. The van der Waals surface area contributed by atoms with E-state index in [-0.39, 0.29) is 24.0 Å². The molecule has 1 saturated heterocycles. The summed E-state index contributed by atoms with van der Waals surface area (Å²) in [5.41, 5.74) is 1.82. The van der Waals surface area contributed by atoms with Crippen molar-refractivity contribution in [2.75, 3.05) is 37.7 Å². The Morgan fingerprint density at radius 2 is 2.04 bits per heavy atom. The third-order valence-corrected chi connectivity index (χ3v) is 5.53. The number of fused-ring (bicyclic) bond motifs is 1. The van der Waals surface area contributed by atoms with Crippen LogP contribution in [0.2, 0.25) is 0 Å². The molecule has 124 valence electrons. The van der Waals surface area contributed by atoms with E-state index in [1.807, 2.05) is 39.9 Å². The van der Waals surface area contributed by atoms with Gasteiger partial charge in [0, 0.05) is 38.4 Å². The lowest BCUT2D eigenvalue weighted by Gasteiger charge is -2.25. The van der Waals surface area contributed by atoms with Crippen LogP contribution in [0, 0.1) is 0 Å². The van der Waals surface area contributed by atoms with Crippen molar-refractivity contribution in [1.82, 2.24) is 19.6 Å². The molecule has 1 amide bonds. The summed E-state index contributed by atoms with van der Waals surface area (Å²) in [6.45, 7) is 1.64. The van der Waals surface area contributed by atoms with Gasteiger partial charge in [-0.25, -0.2) is 13.4 Å². The van der Waals surface area contributed by atoms with Gasteiger partial charge in [-0.3, -0.25) is 9.69 Å². The van der Waals surface area contributed by atoms with Gasteiger partial charge in [0.05, 0.1) is 23.7 Å². The maximum absolute atomic E-state index is 11.9. The first-order valence-electron chi connectivity index (χ1n) is 7.64. The van der Waals surface area contributed by atoms with Crippen molar-refractivity contribution < 1.29 is 13.2 Å². The molecule has 2 aromatic heterocycles. The van der Waals surface area contributed by atoms with Crippen molar-refractivity contribution in [3.05, 3.63) is 36.3 Å². The average Bonchev–Trinajstić information content (AvgIpc) is 2.92. The number of hydrogen-bond donors (Lipinski definition) is 1. The molecule has 3 heterocycles. The summed E-state index contributed by atoms with van der Waals surface area (Å²) in [6, 6.07) is 5.82. The van der Waals surface area contributed by atoms with Crippen LogP contribution in [0.3, 0.4) is 0 Å². The van der Waals surface area contributed by atoms with Crippen molar-refractivity contribution in [2.45, 2.75) is 6.42 Å². The van der Waals surface area contributed by atoms with Gasteiger partial charge in [0.1, 0.15) is 5.65 Å². The largest absolute Gasteiger partial charge is 0.355 e. The summed E-state index contributed by atoms with van der Waals surface area (Å²) in [5, 5.41) is 2.86. The van der Waals surface area contributed by atoms with Crippen molar-refractivity contribution >= 4 is 21.4 Å². The topological polar surface area (TPSA) is 83.8 Å². The Labute approximate surface area is 135 Å². The van der Waals surface area contributed by atoms with E-state index in [1.165, 1.54) is 0 Å². The van der Waals surface area contributed by atoms with Gasteiger partial charge >= 0.3 is 0 Å². The highest BCUT2D eigenvalue weighted by Crippen LogP contribution is 2.05. The molecular weight excluding hydrogens is 316 g/mol. The van der Waals surface area contributed by atoms with E-state index in [9.17, 15) is 13.2 Å². The van der Waals surface area contributed by atoms with Crippen molar-refractivity contribution in [3.63, 3.8) is 0 Å². The number of rotatable bonds is 5. The third-order valence-electron chi connectivity index (χ3n) is 3.92. The number of hydrogen-bond acceptors (Lipinski definition) is 5. The minimum atomic E-state index is -2.90. The predicted molar refractivity (Wildman–Crippen MR) is 87.0 cm³/mol. The predicted octanol–water partition coefficient (Wildman–Crippen LogP) is -0.277. The second-order valence-electron chi connectivity index (χ2n) is 5.73. The van der Waals surface area contributed by atoms with Crippen molar-refractivity contribution in [1.29, 1.82) is 0 Å². The van der Waals surface area contributed by atoms with Gasteiger partial charge in [-0.2, -0.15) is 0 Å². The summed E-state index contributed by atoms with van der Waals surface area (Å²) in [4.78, 5) is 18.3. The number of imidazole rings is 1. The van der Waals surface area contributed by atoms with E-state index in [4.69, 9.17) is 0 Å². The number of aromatic nitrogens is 2. The molecule has 0 aliphatic carbocycles. The standard InChI is InChI=1S/C15H20N4O3S/c20-15(12-18-7-9-23(21,22)10-8-18)16-5-4-13-11-19-6-2-1-3-14(19)17-13/h1-3,6,11H,4-5,7-10,12H2,(H,16,20).